The lowest BCUT2D eigenvalue weighted by Crippen LogP contribution is -2.53. The minimum Gasteiger partial charge on any atom is -0.444 e. The summed E-state index contributed by atoms with van der Waals surface area (Å²) in [6, 6.07) is 18.3. The highest BCUT2D eigenvalue weighted by Crippen LogP contribution is 2.23. The summed E-state index contributed by atoms with van der Waals surface area (Å²) in [5.41, 5.74) is 2.32. The first kappa shape index (κ1) is 17.7. The van der Waals surface area contributed by atoms with Gasteiger partial charge in [0, 0.05) is 6.20 Å². The van der Waals surface area contributed by atoms with Crippen molar-refractivity contribution in [3.8, 4) is 0 Å². The van der Waals surface area contributed by atoms with E-state index in [0.29, 0.717) is 5.70 Å². The molecular weight excluding hydrogens is 328 g/mol. The quantitative estimate of drug-likeness (QED) is 0.913. The summed E-state index contributed by atoms with van der Waals surface area (Å²) in [4.78, 5) is 26.7. The Morgan fingerprint density at radius 3 is 2.31 bits per heavy atom. The molecule has 1 aliphatic rings. The fourth-order valence-corrected chi connectivity index (χ4v) is 2.93. The fourth-order valence-electron chi connectivity index (χ4n) is 2.93. The smallest absolute Gasteiger partial charge is 0.414 e. The second-order valence-corrected chi connectivity index (χ2v) is 6.53. The van der Waals surface area contributed by atoms with E-state index >= 15 is 0 Å². The van der Waals surface area contributed by atoms with Gasteiger partial charge in [-0.15, -0.1) is 0 Å². The van der Waals surface area contributed by atoms with Crippen molar-refractivity contribution >= 4 is 17.7 Å². The molecule has 2 aromatic rings. The van der Waals surface area contributed by atoms with Crippen molar-refractivity contribution in [2.45, 2.75) is 26.5 Å². The Balaban J connectivity index is 1.84. The Morgan fingerprint density at radius 2 is 1.69 bits per heavy atom. The summed E-state index contributed by atoms with van der Waals surface area (Å²) in [7, 11) is 0. The van der Waals surface area contributed by atoms with Crippen molar-refractivity contribution in [3.63, 3.8) is 0 Å². The Hall–Kier alpha value is -3.08. The van der Waals surface area contributed by atoms with E-state index < -0.39 is 12.1 Å². The third-order valence-corrected chi connectivity index (χ3v) is 4.23. The monoisotopic (exact) mass is 350 g/mol. The molecule has 2 amide bonds. The number of carbonyl (C=O) groups excluding carboxylic acids is 2. The van der Waals surface area contributed by atoms with Crippen LogP contribution in [0, 0.1) is 5.92 Å². The van der Waals surface area contributed by atoms with E-state index in [-0.39, 0.29) is 18.4 Å². The van der Waals surface area contributed by atoms with Gasteiger partial charge in [-0.25, -0.2) is 4.79 Å². The van der Waals surface area contributed by atoms with Crippen molar-refractivity contribution in [1.29, 1.82) is 0 Å². The molecule has 5 heteroatoms. The average Bonchev–Trinajstić information content (AvgIpc) is 2.66. The van der Waals surface area contributed by atoms with Crippen molar-refractivity contribution < 1.29 is 14.3 Å². The van der Waals surface area contributed by atoms with E-state index in [1.54, 1.807) is 6.20 Å². The van der Waals surface area contributed by atoms with Crippen LogP contribution in [0.25, 0.3) is 5.70 Å². The largest absolute Gasteiger partial charge is 0.444 e. The van der Waals surface area contributed by atoms with E-state index in [2.05, 4.69) is 5.32 Å². The molecule has 0 bridgehead atoms. The molecule has 1 heterocycles. The molecule has 1 N–H and O–H groups in total. The van der Waals surface area contributed by atoms with Crippen molar-refractivity contribution in [3.05, 3.63) is 78.0 Å². The maximum Gasteiger partial charge on any atom is 0.414 e. The first-order valence-electron chi connectivity index (χ1n) is 8.63. The lowest BCUT2D eigenvalue weighted by atomic mass is 9.99. The van der Waals surface area contributed by atoms with E-state index in [0.717, 1.165) is 11.1 Å². The fraction of sp³-hybridized carbons (Fsp3) is 0.238. The zero-order chi connectivity index (χ0) is 18.5. The summed E-state index contributed by atoms with van der Waals surface area (Å²) >= 11 is 0. The van der Waals surface area contributed by atoms with Crippen LogP contribution in [0.2, 0.25) is 0 Å². The molecule has 0 spiro atoms. The molecule has 0 saturated carbocycles. The number of nitrogens with one attached hydrogen (secondary N) is 1. The summed E-state index contributed by atoms with van der Waals surface area (Å²) in [5, 5.41) is 2.90. The van der Waals surface area contributed by atoms with Gasteiger partial charge in [-0.05, 0) is 17.0 Å². The number of amides is 2. The van der Waals surface area contributed by atoms with Gasteiger partial charge < -0.3 is 10.1 Å². The van der Waals surface area contributed by atoms with Gasteiger partial charge in [-0.1, -0.05) is 74.5 Å². The molecule has 26 heavy (non-hydrogen) atoms. The van der Waals surface area contributed by atoms with Crippen molar-refractivity contribution in [1.82, 2.24) is 10.2 Å². The molecule has 0 fully saturated rings. The van der Waals surface area contributed by atoms with Gasteiger partial charge in [0.25, 0.3) is 0 Å². The normalized spacial score (nSPS) is 16.9. The third kappa shape index (κ3) is 3.94. The Kier molecular flexibility index (Phi) is 5.37. The van der Waals surface area contributed by atoms with Gasteiger partial charge in [-0.3, -0.25) is 9.69 Å². The van der Waals surface area contributed by atoms with Gasteiger partial charge in [0.05, 0.1) is 5.70 Å². The van der Waals surface area contributed by atoms with E-state index in [4.69, 9.17) is 4.74 Å². The number of carbonyl (C=O) groups is 2. The average molecular weight is 350 g/mol. The lowest BCUT2D eigenvalue weighted by Gasteiger charge is -2.34. The molecule has 1 atom stereocenters. The van der Waals surface area contributed by atoms with E-state index in [1.807, 2.05) is 74.5 Å². The minimum atomic E-state index is -0.606. The van der Waals surface area contributed by atoms with Crippen LogP contribution in [-0.2, 0) is 16.1 Å². The van der Waals surface area contributed by atoms with Crippen LogP contribution in [0.15, 0.2) is 66.9 Å². The summed E-state index contributed by atoms with van der Waals surface area (Å²) in [6.45, 7) is 3.98. The first-order chi connectivity index (χ1) is 12.6. The highest BCUT2D eigenvalue weighted by molar-refractivity contribution is 5.96. The van der Waals surface area contributed by atoms with E-state index in [9.17, 15) is 9.59 Å². The predicted octanol–water partition coefficient (Wildman–Crippen LogP) is 3.78. The summed E-state index contributed by atoms with van der Waals surface area (Å²) in [5.74, 6) is -0.258. The zero-order valence-electron chi connectivity index (χ0n) is 14.9. The van der Waals surface area contributed by atoms with Gasteiger partial charge in [0.2, 0.25) is 5.91 Å². The summed E-state index contributed by atoms with van der Waals surface area (Å²) < 4.78 is 5.44. The molecule has 0 radical (unpaired) electrons. The molecule has 0 saturated heterocycles. The standard InChI is InChI=1S/C21H22N2O3/c1-15(2)19-20(24)22-18(17-11-7-4-8-12-17)13-23(19)21(25)26-14-16-9-5-3-6-10-16/h3-13,15,19H,14H2,1-2H3,(H,22,24). The topological polar surface area (TPSA) is 58.6 Å². The van der Waals surface area contributed by atoms with Crippen molar-refractivity contribution in [2.24, 2.45) is 5.92 Å². The first-order valence-corrected chi connectivity index (χ1v) is 8.63. The molecule has 1 aliphatic heterocycles. The SMILES string of the molecule is CC(C)C1C(=O)NC(c2ccccc2)=CN1C(=O)OCc1ccccc1. The molecule has 0 aromatic heterocycles. The third-order valence-electron chi connectivity index (χ3n) is 4.23. The van der Waals surface area contributed by atoms with Gasteiger partial charge >= 0.3 is 6.09 Å². The van der Waals surface area contributed by atoms with Crippen LogP contribution < -0.4 is 5.32 Å². The Morgan fingerprint density at radius 1 is 1.08 bits per heavy atom. The lowest BCUT2D eigenvalue weighted by molar-refractivity contribution is -0.126. The van der Waals surface area contributed by atoms with Crippen LogP contribution in [0.4, 0.5) is 4.79 Å². The molecule has 1 unspecified atom stereocenters. The van der Waals surface area contributed by atoms with Crippen molar-refractivity contribution in [2.75, 3.05) is 0 Å². The molecule has 0 aliphatic carbocycles. The van der Waals surface area contributed by atoms with Crippen LogP contribution in [-0.4, -0.2) is 22.9 Å². The second-order valence-electron chi connectivity index (χ2n) is 6.53. The maximum absolute atomic E-state index is 12.7. The van der Waals surface area contributed by atoms with Gasteiger partial charge in [0.15, 0.2) is 0 Å². The summed E-state index contributed by atoms with van der Waals surface area (Å²) in [6.07, 6.45) is 1.13. The highest BCUT2D eigenvalue weighted by Gasteiger charge is 2.36. The predicted molar refractivity (Wildman–Crippen MR) is 99.7 cm³/mol. The number of hydrogen-bond donors (Lipinski definition) is 1. The molecular formula is C21H22N2O3. The number of benzene rings is 2. The molecule has 5 nitrogen and oxygen atoms in total. The molecule has 134 valence electrons. The second kappa shape index (κ2) is 7.87. The highest BCUT2D eigenvalue weighted by atomic mass is 16.6. The van der Waals surface area contributed by atoms with Crippen LogP contribution >= 0.6 is 0 Å². The Bertz CT molecular complexity index is 801. The molecule has 2 aromatic carbocycles. The minimum absolute atomic E-state index is 0.0483. The van der Waals surface area contributed by atoms with Gasteiger partial charge in [0.1, 0.15) is 12.6 Å². The van der Waals surface area contributed by atoms with Gasteiger partial charge in [-0.2, -0.15) is 0 Å². The van der Waals surface area contributed by atoms with Crippen LogP contribution in [0.1, 0.15) is 25.0 Å². The maximum atomic E-state index is 12.7. The van der Waals surface area contributed by atoms with Crippen LogP contribution in [0.5, 0.6) is 0 Å². The number of hydrogen-bond acceptors (Lipinski definition) is 3. The number of rotatable bonds is 4. The Labute approximate surface area is 153 Å². The van der Waals surface area contributed by atoms with E-state index in [1.165, 1.54) is 4.90 Å². The van der Waals surface area contributed by atoms with Crippen LogP contribution in [0.3, 0.4) is 0 Å². The number of nitrogens with zero attached hydrogens (tertiary/aromatic N) is 1. The zero-order valence-corrected chi connectivity index (χ0v) is 14.9. The number of ether oxygens (including phenoxy) is 1. The molecule has 3 rings (SSSR count).